The number of nitrogens with one attached hydrogen (secondary N) is 1. The second-order valence-corrected chi connectivity index (χ2v) is 5.48. The van der Waals surface area contributed by atoms with Crippen molar-refractivity contribution in [3.8, 4) is 22.4 Å². The first kappa shape index (κ1) is 13.6. The van der Waals surface area contributed by atoms with Gasteiger partial charge in [0.1, 0.15) is 5.82 Å². The molecule has 4 heteroatoms. The van der Waals surface area contributed by atoms with E-state index < -0.39 is 0 Å². The van der Waals surface area contributed by atoms with Crippen molar-refractivity contribution >= 4 is 11.0 Å². The molecule has 0 bridgehead atoms. The van der Waals surface area contributed by atoms with E-state index in [-0.39, 0.29) is 5.82 Å². The smallest absolute Gasteiger partial charge is 0.182 e. The molecule has 2 aromatic heterocycles. The molecule has 3 nitrogen and oxygen atoms in total. The lowest BCUT2D eigenvalue weighted by atomic mass is 9.99. The minimum absolute atomic E-state index is 0.244. The Morgan fingerprint density at radius 3 is 2.39 bits per heavy atom. The van der Waals surface area contributed by atoms with Gasteiger partial charge in [0, 0.05) is 11.3 Å². The standard InChI is InChI=1S/C19H14FN3/c1-12-11-16(13-7-9-15(20)10-8-13)17-18(22-23-19(17)21-12)14-5-3-2-4-6-14/h2-11H,1H3,(H,21,22,23). The van der Waals surface area contributed by atoms with E-state index in [0.717, 1.165) is 33.5 Å². The molecule has 0 radical (unpaired) electrons. The van der Waals surface area contributed by atoms with Gasteiger partial charge in [-0.05, 0) is 36.2 Å². The molecule has 4 aromatic rings. The third kappa shape index (κ3) is 2.38. The van der Waals surface area contributed by atoms with Gasteiger partial charge in [0.25, 0.3) is 0 Å². The van der Waals surface area contributed by atoms with E-state index in [4.69, 9.17) is 0 Å². The van der Waals surface area contributed by atoms with Crippen molar-refractivity contribution in [3.63, 3.8) is 0 Å². The second-order valence-electron chi connectivity index (χ2n) is 5.48. The summed E-state index contributed by atoms with van der Waals surface area (Å²) >= 11 is 0. The van der Waals surface area contributed by atoms with Crippen molar-refractivity contribution < 1.29 is 4.39 Å². The number of benzene rings is 2. The van der Waals surface area contributed by atoms with Gasteiger partial charge in [-0.3, -0.25) is 5.10 Å². The summed E-state index contributed by atoms with van der Waals surface area (Å²) in [5.41, 5.74) is 5.46. The first-order chi connectivity index (χ1) is 11.2. The molecule has 2 aromatic carbocycles. The number of aromatic amines is 1. The Kier molecular flexibility index (Phi) is 3.15. The molecule has 0 aliphatic heterocycles. The van der Waals surface area contributed by atoms with Crippen LogP contribution in [0.1, 0.15) is 5.69 Å². The van der Waals surface area contributed by atoms with E-state index in [1.807, 2.05) is 43.3 Å². The van der Waals surface area contributed by atoms with Crippen LogP contribution in [-0.4, -0.2) is 15.2 Å². The fourth-order valence-corrected chi connectivity index (χ4v) is 2.82. The molecule has 1 N–H and O–H groups in total. The first-order valence-electron chi connectivity index (χ1n) is 7.39. The lowest BCUT2D eigenvalue weighted by Gasteiger charge is -2.07. The molecule has 0 amide bonds. The number of aromatic nitrogens is 3. The fraction of sp³-hybridized carbons (Fsp3) is 0.0526. The first-order valence-corrected chi connectivity index (χ1v) is 7.39. The maximum Gasteiger partial charge on any atom is 0.182 e. The number of hydrogen-bond acceptors (Lipinski definition) is 2. The number of H-pyrrole nitrogens is 1. The van der Waals surface area contributed by atoms with Crippen molar-refractivity contribution in [1.82, 2.24) is 15.2 Å². The van der Waals surface area contributed by atoms with Gasteiger partial charge in [0.2, 0.25) is 0 Å². The highest BCUT2D eigenvalue weighted by Crippen LogP contribution is 2.34. The fourth-order valence-electron chi connectivity index (χ4n) is 2.82. The average molecular weight is 303 g/mol. The molecule has 23 heavy (non-hydrogen) atoms. The van der Waals surface area contributed by atoms with E-state index in [2.05, 4.69) is 15.2 Å². The highest BCUT2D eigenvalue weighted by molar-refractivity contribution is 6.02. The molecular weight excluding hydrogens is 289 g/mol. The van der Waals surface area contributed by atoms with Crippen molar-refractivity contribution in [2.45, 2.75) is 6.92 Å². The second kappa shape index (κ2) is 5.32. The normalized spacial score (nSPS) is 11.0. The minimum Gasteiger partial charge on any atom is -0.275 e. The predicted octanol–water partition coefficient (Wildman–Crippen LogP) is 4.74. The SMILES string of the molecule is Cc1cc(-c2ccc(F)cc2)c2c(-c3ccccc3)[nH]nc2n1. The third-order valence-corrected chi connectivity index (χ3v) is 3.87. The third-order valence-electron chi connectivity index (χ3n) is 3.87. The summed E-state index contributed by atoms with van der Waals surface area (Å²) < 4.78 is 13.2. The Labute approximate surface area is 132 Å². The Hall–Kier alpha value is -3.01. The van der Waals surface area contributed by atoms with Crippen LogP contribution in [0.4, 0.5) is 4.39 Å². The topological polar surface area (TPSA) is 41.6 Å². The zero-order chi connectivity index (χ0) is 15.8. The Morgan fingerprint density at radius 2 is 1.65 bits per heavy atom. The van der Waals surface area contributed by atoms with E-state index in [9.17, 15) is 4.39 Å². The zero-order valence-electron chi connectivity index (χ0n) is 12.5. The van der Waals surface area contributed by atoms with E-state index in [1.165, 1.54) is 12.1 Å². The maximum absolute atomic E-state index is 13.2. The number of fused-ring (bicyclic) bond motifs is 1. The summed E-state index contributed by atoms with van der Waals surface area (Å²) in [6, 6.07) is 18.5. The van der Waals surface area contributed by atoms with Crippen molar-refractivity contribution in [1.29, 1.82) is 0 Å². The Balaban J connectivity index is 2.03. The van der Waals surface area contributed by atoms with Gasteiger partial charge in [-0.15, -0.1) is 0 Å². The van der Waals surface area contributed by atoms with Gasteiger partial charge in [0.05, 0.1) is 11.1 Å². The van der Waals surface area contributed by atoms with E-state index in [0.29, 0.717) is 5.65 Å². The van der Waals surface area contributed by atoms with Crippen molar-refractivity contribution in [2.24, 2.45) is 0 Å². The van der Waals surface area contributed by atoms with Crippen LogP contribution in [0.15, 0.2) is 60.7 Å². The van der Waals surface area contributed by atoms with Crippen LogP contribution >= 0.6 is 0 Å². The Morgan fingerprint density at radius 1 is 0.913 bits per heavy atom. The van der Waals surface area contributed by atoms with Crippen molar-refractivity contribution in [3.05, 3.63) is 72.2 Å². The van der Waals surface area contributed by atoms with Gasteiger partial charge in [0.15, 0.2) is 5.65 Å². The van der Waals surface area contributed by atoms with Crippen LogP contribution in [0.5, 0.6) is 0 Å². The lowest BCUT2D eigenvalue weighted by Crippen LogP contribution is -1.88. The average Bonchev–Trinajstić information content (AvgIpc) is 2.99. The molecule has 0 saturated carbocycles. The quantitative estimate of drug-likeness (QED) is 0.581. The maximum atomic E-state index is 13.2. The number of halogens is 1. The largest absolute Gasteiger partial charge is 0.275 e. The van der Waals surface area contributed by atoms with E-state index in [1.54, 1.807) is 12.1 Å². The van der Waals surface area contributed by atoms with E-state index >= 15 is 0 Å². The molecule has 0 saturated heterocycles. The molecule has 2 heterocycles. The summed E-state index contributed by atoms with van der Waals surface area (Å²) in [7, 11) is 0. The van der Waals surface area contributed by atoms with Crippen LogP contribution in [0.25, 0.3) is 33.4 Å². The van der Waals surface area contributed by atoms with Crippen LogP contribution in [0, 0.1) is 12.7 Å². The van der Waals surface area contributed by atoms with Crippen LogP contribution in [0.2, 0.25) is 0 Å². The lowest BCUT2D eigenvalue weighted by molar-refractivity contribution is 0.628. The summed E-state index contributed by atoms with van der Waals surface area (Å²) in [5, 5.41) is 8.39. The zero-order valence-corrected chi connectivity index (χ0v) is 12.5. The van der Waals surface area contributed by atoms with Gasteiger partial charge < -0.3 is 0 Å². The molecule has 0 aliphatic carbocycles. The number of aryl methyl sites for hydroxylation is 1. The molecule has 0 aliphatic rings. The highest BCUT2D eigenvalue weighted by atomic mass is 19.1. The molecule has 0 atom stereocenters. The monoisotopic (exact) mass is 303 g/mol. The Bertz CT molecular complexity index is 973. The van der Waals surface area contributed by atoms with Crippen molar-refractivity contribution in [2.75, 3.05) is 0 Å². The summed E-state index contributed by atoms with van der Waals surface area (Å²) in [6.45, 7) is 1.93. The highest BCUT2D eigenvalue weighted by Gasteiger charge is 2.15. The number of hydrogen-bond donors (Lipinski definition) is 1. The van der Waals surface area contributed by atoms with Crippen LogP contribution < -0.4 is 0 Å². The number of pyridine rings is 1. The van der Waals surface area contributed by atoms with Gasteiger partial charge >= 0.3 is 0 Å². The molecule has 0 spiro atoms. The predicted molar refractivity (Wildman–Crippen MR) is 89.5 cm³/mol. The van der Waals surface area contributed by atoms with Gasteiger partial charge in [-0.25, -0.2) is 9.37 Å². The summed E-state index contributed by atoms with van der Waals surface area (Å²) in [4.78, 5) is 4.51. The van der Waals surface area contributed by atoms with Gasteiger partial charge in [-0.2, -0.15) is 5.10 Å². The summed E-state index contributed by atoms with van der Waals surface area (Å²) in [6.07, 6.45) is 0. The van der Waals surface area contributed by atoms with Crippen LogP contribution in [0.3, 0.4) is 0 Å². The van der Waals surface area contributed by atoms with Crippen LogP contribution in [-0.2, 0) is 0 Å². The summed E-state index contributed by atoms with van der Waals surface area (Å²) in [5.74, 6) is -0.244. The molecule has 0 fully saturated rings. The number of nitrogens with zero attached hydrogens (tertiary/aromatic N) is 2. The molecule has 4 rings (SSSR count). The number of rotatable bonds is 2. The minimum atomic E-state index is -0.244. The molecule has 112 valence electrons. The molecule has 0 unspecified atom stereocenters. The van der Waals surface area contributed by atoms with Gasteiger partial charge in [-0.1, -0.05) is 42.5 Å². The molecular formula is C19H14FN3.